The zero-order valence-electron chi connectivity index (χ0n) is 17.2. The minimum absolute atomic E-state index is 0.0481. The minimum Gasteiger partial charge on any atom is -0.464 e. The highest BCUT2D eigenvalue weighted by Gasteiger charge is 2.17. The third-order valence-corrected chi connectivity index (χ3v) is 5.27. The van der Waals surface area contributed by atoms with E-state index < -0.39 is 0 Å². The van der Waals surface area contributed by atoms with Crippen molar-refractivity contribution in [2.45, 2.75) is 20.0 Å². The molecule has 4 aromatic heterocycles. The number of carbonyl (C=O) groups excluding carboxylic acids is 1. The second kappa shape index (κ2) is 8.32. The van der Waals surface area contributed by atoms with E-state index in [1.54, 1.807) is 34.2 Å². The number of pyridine rings is 1. The second-order valence-electron chi connectivity index (χ2n) is 7.38. The van der Waals surface area contributed by atoms with Crippen LogP contribution in [-0.4, -0.2) is 30.5 Å². The third-order valence-electron chi connectivity index (χ3n) is 5.07. The van der Waals surface area contributed by atoms with Crippen LogP contribution in [0.5, 0.6) is 0 Å². The molecule has 1 amide bonds. The first-order valence-corrected chi connectivity index (χ1v) is 10.4. The molecular formula is C23H19ClN6O2. The number of furan rings is 1. The molecule has 9 heteroatoms. The number of halogens is 1. The molecule has 0 spiro atoms. The van der Waals surface area contributed by atoms with Crippen molar-refractivity contribution in [2.75, 3.05) is 5.32 Å². The van der Waals surface area contributed by atoms with Crippen molar-refractivity contribution in [3.63, 3.8) is 0 Å². The molecule has 8 nitrogen and oxygen atoms in total. The van der Waals surface area contributed by atoms with Crippen LogP contribution in [0.4, 0.5) is 5.69 Å². The lowest BCUT2D eigenvalue weighted by atomic mass is 10.1. The lowest BCUT2D eigenvalue weighted by molar-refractivity contribution is -0.116. The Balaban J connectivity index is 1.31. The number of aromatic nitrogens is 5. The molecule has 160 valence electrons. The highest BCUT2D eigenvalue weighted by Crippen LogP contribution is 2.30. The van der Waals surface area contributed by atoms with E-state index in [2.05, 4.69) is 20.5 Å². The summed E-state index contributed by atoms with van der Waals surface area (Å²) in [6.07, 6.45) is 6.69. The Hall–Kier alpha value is -3.91. The van der Waals surface area contributed by atoms with Crippen LogP contribution in [-0.2, 0) is 17.9 Å². The number of benzene rings is 1. The van der Waals surface area contributed by atoms with Gasteiger partial charge in [-0.15, -0.1) is 0 Å². The monoisotopic (exact) mass is 446 g/mol. The molecular weight excluding hydrogens is 428 g/mol. The van der Waals surface area contributed by atoms with Crippen LogP contribution >= 0.6 is 11.6 Å². The maximum atomic E-state index is 12.7. The first-order chi connectivity index (χ1) is 15.6. The summed E-state index contributed by atoms with van der Waals surface area (Å²) in [5.74, 6) is 0.549. The number of carbonyl (C=O) groups is 1. The van der Waals surface area contributed by atoms with Crippen LogP contribution in [0.3, 0.4) is 0 Å². The summed E-state index contributed by atoms with van der Waals surface area (Å²) in [4.78, 5) is 17.1. The molecule has 5 rings (SSSR count). The minimum atomic E-state index is -0.189. The average molecular weight is 447 g/mol. The van der Waals surface area contributed by atoms with Gasteiger partial charge >= 0.3 is 0 Å². The van der Waals surface area contributed by atoms with Crippen LogP contribution < -0.4 is 5.32 Å². The zero-order chi connectivity index (χ0) is 22.1. The van der Waals surface area contributed by atoms with Crippen molar-refractivity contribution >= 4 is 34.2 Å². The van der Waals surface area contributed by atoms with Gasteiger partial charge in [0, 0.05) is 23.6 Å². The normalized spacial score (nSPS) is 11.2. The molecule has 4 heterocycles. The molecule has 0 aliphatic rings. The van der Waals surface area contributed by atoms with E-state index in [9.17, 15) is 4.79 Å². The number of rotatable bonds is 6. The summed E-state index contributed by atoms with van der Waals surface area (Å²) < 4.78 is 8.91. The van der Waals surface area contributed by atoms with Gasteiger partial charge in [0.15, 0.2) is 5.65 Å². The van der Waals surface area contributed by atoms with Crippen molar-refractivity contribution < 1.29 is 9.21 Å². The molecule has 1 N–H and O–H groups in total. The number of aryl methyl sites for hydroxylation is 1. The summed E-state index contributed by atoms with van der Waals surface area (Å²) in [6, 6.07) is 13.2. The van der Waals surface area contributed by atoms with Crippen LogP contribution in [0, 0.1) is 6.92 Å². The van der Waals surface area contributed by atoms with Crippen LogP contribution in [0.1, 0.15) is 11.3 Å². The number of hydrogen-bond donors (Lipinski definition) is 1. The van der Waals surface area contributed by atoms with Gasteiger partial charge in [-0.25, -0.2) is 9.67 Å². The van der Waals surface area contributed by atoms with Gasteiger partial charge in [0.25, 0.3) is 0 Å². The van der Waals surface area contributed by atoms with Crippen molar-refractivity contribution in [3.8, 4) is 11.3 Å². The van der Waals surface area contributed by atoms with Crippen LogP contribution in [0.15, 0.2) is 71.7 Å². The quantitative estimate of drug-likeness (QED) is 0.413. The standard InChI is InChI=1S/C23H19ClN6O2/c1-15-22-19(20-3-2-10-32-20)8-9-25-23(22)30(28-15)14-21(31)27-18-6-4-16(5-7-18)12-29-13-17(24)11-26-29/h2-11,13H,12,14H2,1H3,(H,27,31). The van der Waals surface area contributed by atoms with Gasteiger partial charge in [0.1, 0.15) is 12.3 Å². The fourth-order valence-corrected chi connectivity index (χ4v) is 3.83. The SMILES string of the molecule is Cc1nn(CC(=O)Nc2ccc(Cn3cc(Cl)cn3)cc2)c2nccc(-c3ccco3)c12. The van der Waals surface area contributed by atoms with Gasteiger partial charge in [-0.3, -0.25) is 9.48 Å². The highest BCUT2D eigenvalue weighted by atomic mass is 35.5. The molecule has 1 aromatic carbocycles. The fourth-order valence-electron chi connectivity index (χ4n) is 3.67. The van der Waals surface area contributed by atoms with E-state index in [0.717, 1.165) is 28.0 Å². The molecule has 5 aromatic rings. The Kier molecular flexibility index (Phi) is 5.20. The van der Waals surface area contributed by atoms with Gasteiger partial charge in [-0.1, -0.05) is 23.7 Å². The van der Waals surface area contributed by atoms with Crippen molar-refractivity contribution in [1.82, 2.24) is 24.5 Å². The molecule has 0 saturated carbocycles. The second-order valence-corrected chi connectivity index (χ2v) is 7.82. The Bertz CT molecular complexity index is 1390. The Morgan fingerprint density at radius 3 is 2.75 bits per heavy atom. The lowest BCUT2D eigenvalue weighted by Gasteiger charge is -2.08. The number of nitrogens with one attached hydrogen (secondary N) is 1. The third kappa shape index (κ3) is 4.00. The van der Waals surface area contributed by atoms with Gasteiger partial charge in [0.2, 0.25) is 5.91 Å². The molecule has 0 aliphatic heterocycles. The molecule has 0 fully saturated rings. The van der Waals surface area contributed by atoms with Crippen molar-refractivity contribution in [3.05, 3.63) is 83.6 Å². The highest BCUT2D eigenvalue weighted by molar-refractivity contribution is 6.30. The summed E-state index contributed by atoms with van der Waals surface area (Å²) in [5.41, 5.74) is 4.08. The Morgan fingerprint density at radius 1 is 1.19 bits per heavy atom. The molecule has 0 radical (unpaired) electrons. The lowest BCUT2D eigenvalue weighted by Crippen LogP contribution is -2.19. The van der Waals surface area contributed by atoms with Gasteiger partial charge < -0.3 is 9.73 Å². The number of nitrogens with zero attached hydrogens (tertiary/aromatic N) is 5. The van der Waals surface area contributed by atoms with E-state index in [1.165, 1.54) is 0 Å². The van der Waals surface area contributed by atoms with E-state index in [4.69, 9.17) is 16.0 Å². The molecule has 0 atom stereocenters. The topological polar surface area (TPSA) is 90.8 Å². The summed E-state index contributed by atoms with van der Waals surface area (Å²) in [5, 5.41) is 13.1. The summed E-state index contributed by atoms with van der Waals surface area (Å²) >= 11 is 5.90. The van der Waals surface area contributed by atoms with Crippen LogP contribution in [0.25, 0.3) is 22.4 Å². The van der Waals surface area contributed by atoms with Gasteiger partial charge in [-0.05, 0) is 42.8 Å². The smallest absolute Gasteiger partial charge is 0.246 e. The Labute approximate surface area is 188 Å². The number of fused-ring (bicyclic) bond motifs is 1. The predicted octanol–water partition coefficient (Wildman–Crippen LogP) is 4.54. The van der Waals surface area contributed by atoms with Crippen LogP contribution in [0.2, 0.25) is 5.02 Å². The fraction of sp³-hybridized carbons (Fsp3) is 0.130. The number of amides is 1. The average Bonchev–Trinajstić information content (AvgIpc) is 3.52. The summed E-state index contributed by atoms with van der Waals surface area (Å²) in [6.45, 7) is 2.55. The van der Waals surface area contributed by atoms with Crippen molar-refractivity contribution in [1.29, 1.82) is 0 Å². The largest absolute Gasteiger partial charge is 0.464 e. The van der Waals surface area contributed by atoms with Gasteiger partial charge in [0.05, 0.1) is 35.1 Å². The van der Waals surface area contributed by atoms with Gasteiger partial charge in [-0.2, -0.15) is 10.2 Å². The Morgan fingerprint density at radius 2 is 2.03 bits per heavy atom. The maximum Gasteiger partial charge on any atom is 0.246 e. The van der Waals surface area contributed by atoms with E-state index >= 15 is 0 Å². The molecule has 32 heavy (non-hydrogen) atoms. The molecule has 0 aliphatic carbocycles. The van der Waals surface area contributed by atoms with Crippen molar-refractivity contribution in [2.24, 2.45) is 0 Å². The number of anilines is 1. The van der Waals surface area contributed by atoms with E-state index in [1.807, 2.05) is 49.4 Å². The summed E-state index contributed by atoms with van der Waals surface area (Å²) in [7, 11) is 0. The predicted molar refractivity (Wildman–Crippen MR) is 121 cm³/mol. The molecule has 0 unspecified atom stereocenters. The molecule has 0 saturated heterocycles. The van der Waals surface area contributed by atoms with E-state index in [0.29, 0.717) is 22.9 Å². The first-order valence-electron chi connectivity index (χ1n) is 9.99. The maximum absolute atomic E-state index is 12.7. The molecule has 0 bridgehead atoms. The van der Waals surface area contributed by atoms with E-state index in [-0.39, 0.29) is 12.5 Å². The number of hydrogen-bond acceptors (Lipinski definition) is 5. The first kappa shape index (κ1) is 20.0. The zero-order valence-corrected chi connectivity index (χ0v) is 18.0.